The summed E-state index contributed by atoms with van der Waals surface area (Å²) >= 11 is 0. The molecular weight excluding hydrogens is 321 g/mol. The van der Waals surface area contributed by atoms with Gasteiger partial charge in [-0.25, -0.2) is 4.39 Å². The normalized spacial score (nSPS) is 10.5. The molecule has 1 heterocycles. The van der Waals surface area contributed by atoms with Crippen molar-refractivity contribution >= 4 is 11.7 Å². The minimum Gasteiger partial charge on any atom is -0.496 e. The van der Waals surface area contributed by atoms with Crippen LogP contribution in [0, 0.1) is 12.7 Å². The van der Waals surface area contributed by atoms with Crippen molar-refractivity contribution in [2.45, 2.75) is 13.5 Å². The fourth-order valence-corrected chi connectivity index (χ4v) is 2.54. The number of carbonyl (C=O) groups excluding carboxylic acids is 1. The van der Waals surface area contributed by atoms with Crippen LogP contribution in [0.25, 0.3) is 0 Å². The topological polar surface area (TPSA) is 56.1 Å². The maximum absolute atomic E-state index is 13.8. The summed E-state index contributed by atoms with van der Waals surface area (Å²) in [6, 6.07) is 15.3. The van der Waals surface area contributed by atoms with E-state index in [9.17, 15) is 9.18 Å². The molecule has 0 saturated carbocycles. The van der Waals surface area contributed by atoms with Crippen LogP contribution in [0.15, 0.2) is 54.6 Å². The standard InChI is InChI=1S/C19H18FN3O2/c1-13-11-18(21-19(24)15-8-4-6-10-17(15)25-2)22-23(13)12-14-7-3-5-9-16(14)20/h3-11H,12H2,1-2H3,(H,21,22,24). The monoisotopic (exact) mass is 339 g/mol. The Morgan fingerprint density at radius 3 is 2.68 bits per heavy atom. The molecule has 1 amide bonds. The molecule has 1 aromatic heterocycles. The Morgan fingerprint density at radius 2 is 1.92 bits per heavy atom. The maximum atomic E-state index is 13.8. The molecule has 0 bridgehead atoms. The Morgan fingerprint density at radius 1 is 1.20 bits per heavy atom. The number of amides is 1. The molecule has 5 nitrogen and oxygen atoms in total. The van der Waals surface area contributed by atoms with Crippen LogP contribution in [-0.4, -0.2) is 22.8 Å². The van der Waals surface area contributed by atoms with Gasteiger partial charge >= 0.3 is 0 Å². The molecule has 0 spiro atoms. The number of para-hydroxylation sites is 1. The van der Waals surface area contributed by atoms with Gasteiger partial charge in [0.15, 0.2) is 5.82 Å². The predicted octanol–water partition coefficient (Wildman–Crippen LogP) is 3.64. The lowest BCUT2D eigenvalue weighted by molar-refractivity contribution is 0.102. The number of anilines is 1. The number of hydrogen-bond acceptors (Lipinski definition) is 3. The first kappa shape index (κ1) is 16.7. The zero-order valence-corrected chi connectivity index (χ0v) is 14.0. The summed E-state index contributed by atoms with van der Waals surface area (Å²) in [7, 11) is 1.51. The Hall–Kier alpha value is -3.15. The summed E-state index contributed by atoms with van der Waals surface area (Å²) < 4.78 is 20.7. The van der Waals surface area contributed by atoms with E-state index in [4.69, 9.17) is 4.74 Å². The predicted molar refractivity (Wildman–Crippen MR) is 93.4 cm³/mol. The van der Waals surface area contributed by atoms with E-state index in [1.807, 2.05) is 6.92 Å². The van der Waals surface area contributed by atoms with E-state index in [0.717, 1.165) is 5.69 Å². The molecule has 3 aromatic rings. The van der Waals surface area contributed by atoms with E-state index >= 15 is 0 Å². The molecule has 6 heteroatoms. The van der Waals surface area contributed by atoms with E-state index in [2.05, 4.69) is 10.4 Å². The number of hydrogen-bond donors (Lipinski definition) is 1. The molecule has 0 atom stereocenters. The van der Waals surface area contributed by atoms with Gasteiger partial charge in [0.2, 0.25) is 0 Å². The number of methoxy groups -OCH3 is 1. The molecule has 128 valence electrons. The fourth-order valence-electron chi connectivity index (χ4n) is 2.54. The third-order valence-corrected chi connectivity index (χ3v) is 3.85. The van der Waals surface area contributed by atoms with Gasteiger partial charge in [0.1, 0.15) is 11.6 Å². The maximum Gasteiger partial charge on any atom is 0.260 e. The second kappa shape index (κ2) is 7.17. The molecule has 0 fully saturated rings. The molecule has 0 radical (unpaired) electrons. The number of aryl methyl sites for hydroxylation is 1. The molecule has 0 aliphatic rings. The van der Waals surface area contributed by atoms with Gasteiger partial charge in [0, 0.05) is 17.3 Å². The number of rotatable bonds is 5. The van der Waals surface area contributed by atoms with E-state index in [1.165, 1.54) is 13.2 Å². The molecule has 1 N–H and O–H groups in total. The van der Waals surface area contributed by atoms with Crippen molar-refractivity contribution in [3.63, 3.8) is 0 Å². The minimum atomic E-state index is -0.312. The third-order valence-electron chi connectivity index (χ3n) is 3.85. The number of nitrogens with one attached hydrogen (secondary N) is 1. The minimum absolute atomic E-state index is 0.281. The summed E-state index contributed by atoms with van der Waals surface area (Å²) in [6.07, 6.45) is 0. The van der Waals surface area contributed by atoms with Crippen LogP contribution >= 0.6 is 0 Å². The van der Waals surface area contributed by atoms with E-state index < -0.39 is 0 Å². The van der Waals surface area contributed by atoms with Crippen molar-refractivity contribution in [2.24, 2.45) is 0 Å². The molecule has 3 rings (SSSR count). The van der Waals surface area contributed by atoms with E-state index in [1.54, 1.807) is 53.2 Å². The van der Waals surface area contributed by atoms with Crippen molar-refractivity contribution in [3.8, 4) is 5.75 Å². The van der Waals surface area contributed by atoms with Gasteiger partial charge in [-0.3, -0.25) is 9.48 Å². The number of aromatic nitrogens is 2. The second-order valence-electron chi connectivity index (χ2n) is 5.57. The largest absolute Gasteiger partial charge is 0.496 e. The van der Waals surface area contributed by atoms with Crippen molar-refractivity contribution in [1.29, 1.82) is 0 Å². The van der Waals surface area contributed by atoms with Crippen LogP contribution in [0.1, 0.15) is 21.6 Å². The summed E-state index contributed by atoms with van der Waals surface area (Å²) in [5.74, 6) is 0.303. The molecular formula is C19H18FN3O2. The van der Waals surface area contributed by atoms with Crippen molar-refractivity contribution < 1.29 is 13.9 Å². The highest BCUT2D eigenvalue weighted by molar-refractivity contribution is 6.05. The smallest absolute Gasteiger partial charge is 0.260 e. The van der Waals surface area contributed by atoms with Gasteiger partial charge in [-0.05, 0) is 25.1 Å². The van der Waals surface area contributed by atoms with Gasteiger partial charge in [-0.2, -0.15) is 5.10 Å². The zero-order valence-electron chi connectivity index (χ0n) is 14.0. The first-order valence-electron chi connectivity index (χ1n) is 7.80. The fraction of sp³-hybridized carbons (Fsp3) is 0.158. The van der Waals surface area contributed by atoms with Crippen molar-refractivity contribution in [1.82, 2.24) is 9.78 Å². The third kappa shape index (κ3) is 3.68. The zero-order chi connectivity index (χ0) is 17.8. The van der Waals surface area contributed by atoms with E-state index in [0.29, 0.717) is 29.2 Å². The first-order valence-corrected chi connectivity index (χ1v) is 7.80. The Labute approximate surface area is 145 Å². The molecule has 0 unspecified atom stereocenters. The van der Waals surface area contributed by atoms with Crippen LogP contribution in [0.4, 0.5) is 10.2 Å². The van der Waals surface area contributed by atoms with Gasteiger partial charge in [0.25, 0.3) is 5.91 Å². The van der Waals surface area contributed by atoms with Crippen LogP contribution in [0.5, 0.6) is 5.75 Å². The average molecular weight is 339 g/mol. The first-order chi connectivity index (χ1) is 12.1. The number of carbonyl (C=O) groups is 1. The summed E-state index contributed by atoms with van der Waals surface area (Å²) in [6.45, 7) is 2.15. The molecule has 2 aromatic carbocycles. The molecule has 25 heavy (non-hydrogen) atoms. The lowest BCUT2D eigenvalue weighted by Crippen LogP contribution is -2.14. The van der Waals surface area contributed by atoms with E-state index in [-0.39, 0.29) is 11.7 Å². The highest BCUT2D eigenvalue weighted by Crippen LogP contribution is 2.19. The number of halogens is 1. The van der Waals surface area contributed by atoms with Crippen LogP contribution < -0.4 is 10.1 Å². The number of benzene rings is 2. The van der Waals surface area contributed by atoms with Crippen molar-refractivity contribution in [3.05, 3.63) is 77.2 Å². The van der Waals surface area contributed by atoms with Gasteiger partial charge in [0.05, 0.1) is 19.2 Å². The van der Waals surface area contributed by atoms with Crippen LogP contribution in [0.2, 0.25) is 0 Å². The molecule has 0 saturated heterocycles. The molecule has 0 aliphatic carbocycles. The SMILES string of the molecule is COc1ccccc1C(=O)Nc1cc(C)n(Cc2ccccc2F)n1. The lowest BCUT2D eigenvalue weighted by atomic mass is 10.2. The quantitative estimate of drug-likeness (QED) is 0.772. The second-order valence-corrected chi connectivity index (χ2v) is 5.57. The number of nitrogens with zero attached hydrogens (tertiary/aromatic N) is 2. The average Bonchev–Trinajstić information content (AvgIpc) is 2.96. The van der Waals surface area contributed by atoms with Gasteiger partial charge in [-0.15, -0.1) is 0 Å². The van der Waals surface area contributed by atoms with Gasteiger partial charge < -0.3 is 10.1 Å². The Balaban J connectivity index is 1.78. The summed E-state index contributed by atoms with van der Waals surface area (Å²) in [5.41, 5.74) is 1.78. The number of ether oxygens (including phenoxy) is 1. The van der Waals surface area contributed by atoms with Crippen molar-refractivity contribution in [2.75, 3.05) is 12.4 Å². The summed E-state index contributed by atoms with van der Waals surface area (Å²) in [4.78, 5) is 12.4. The van der Waals surface area contributed by atoms with Crippen LogP contribution in [0.3, 0.4) is 0 Å². The Kier molecular flexibility index (Phi) is 4.79. The highest BCUT2D eigenvalue weighted by atomic mass is 19.1. The van der Waals surface area contributed by atoms with Crippen LogP contribution in [-0.2, 0) is 6.54 Å². The van der Waals surface area contributed by atoms with Gasteiger partial charge in [-0.1, -0.05) is 30.3 Å². The molecule has 0 aliphatic heterocycles. The summed E-state index contributed by atoms with van der Waals surface area (Å²) in [5, 5.41) is 7.09. The highest BCUT2D eigenvalue weighted by Gasteiger charge is 2.14. The Bertz CT molecular complexity index is 905. The lowest BCUT2D eigenvalue weighted by Gasteiger charge is -2.07.